The molecule has 0 aromatic carbocycles. The molecule has 0 amide bonds. The minimum absolute atomic E-state index is 0. The summed E-state index contributed by atoms with van der Waals surface area (Å²) in [6, 6.07) is 0. The predicted molar refractivity (Wildman–Crippen MR) is 108 cm³/mol. The van der Waals surface area contributed by atoms with Gasteiger partial charge in [0.05, 0.1) is 12.3 Å². The highest BCUT2D eigenvalue weighted by Crippen LogP contribution is 2.19. The Bertz CT molecular complexity index is 478. The van der Waals surface area contributed by atoms with Crippen LogP contribution >= 0.6 is 24.0 Å². The molecule has 1 aliphatic carbocycles. The first kappa shape index (κ1) is 22.6. The lowest BCUT2D eigenvalue weighted by Gasteiger charge is -2.15. The summed E-state index contributed by atoms with van der Waals surface area (Å²) in [5, 5.41) is 6.47. The number of halogens is 1. The van der Waals surface area contributed by atoms with E-state index in [0.717, 1.165) is 25.5 Å². The number of nitrogens with zero attached hydrogens (tertiary/aromatic N) is 1. The molecular weight excluding hydrogens is 427 g/mol. The average molecular weight is 458 g/mol. The number of nitrogens with one attached hydrogen (secondary N) is 3. The van der Waals surface area contributed by atoms with Gasteiger partial charge >= 0.3 is 0 Å². The lowest BCUT2D eigenvalue weighted by Crippen LogP contribution is -2.38. The van der Waals surface area contributed by atoms with E-state index in [1.165, 1.54) is 31.3 Å². The Hall–Kier alpha value is -0.350. The Morgan fingerprint density at radius 2 is 2.00 bits per heavy atom. The fourth-order valence-electron chi connectivity index (χ4n) is 2.29. The van der Waals surface area contributed by atoms with Gasteiger partial charge in [-0.1, -0.05) is 11.6 Å². The molecule has 136 valence electrons. The van der Waals surface area contributed by atoms with Crippen molar-refractivity contribution in [1.29, 1.82) is 0 Å². The fraction of sp³-hybridized carbons (Fsp3) is 0.800. The van der Waals surface area contributed by atoms with E-state index >= 15 is 0 Å². The first-order valence-corrected chi connectivity index (χ1v) is 9.90. The lowest BCUT2D eigenvalue weighted by atomic mass is 9.97. The number of allylic oxidation sites excluding steroid dienone is 1. The molecule has 0 fully saturated rings. The van der Waals surface area contributed by atoms with Crippen LogP contribution in [0.25, 0.3) is 0 Å². The van der Waals surface area contributed by atoms with Crippen LogP contribution in [0.15, 0.2) is 16.6 Å². The van der Waals surface area contributed by atoms with Gasteiger partial charge in [-0.25, -0.2) is 13.1 Å². The minimum Gasteiger partial charge on any atom is -0.357 e. The fourth-order valence-corrected chi connectivity index (χ4v) is 2.89. The Labute approximate surface area is 158 Å². The molecule has 0 aliphatic heterocycles. The van der Waals surface area contributed by atoms with Gasteiger partial charge in [0.15, 0.2) is 5.96 Å². The van der Waals surface area contributed by atoms with Crippen molar-refractivity contribution in [1.82, 2.24) is 15.4 Å². The number of hydrogen-bond acceptors (Lipinski definition) is 3. The first-order valence-electron chi connectivity index (χ1n) is 8.24. The molecule has 0 atom stereocenters. The highest BCUT2D eigenvalue weighted by molar-refractivity contribution is 14.0. The second-order valence-corrected chi connectivity index (χ2v) is 7.44. The number of guanidine groups is 1. The summed E-state index contributed by atoms with van der Waals surface area (Å²) in [5.74, 6) is 0.846. The van der Waals surface area contributed by atoms with Gasteiger partial charge in [0.1, 0.15) is 0 Å². The zero-order valence-corrected chi connectivity index (χ0v) is 17.4. The quantitative estimate of drug-likeness (QED) is 0.162. The van der Waals surface area contributed by atoms with E-state index < -0.39 is 10.0 Å². The van der Waals surface area contributed by atoms with Crippen LogP contribution < -0.4 is 15.4 Å². The molecule has 3 N–H and O–H groups in total. The van der Waals surface area contributed by atoms with Crippen LogP contribution in [0.3, 0.4) is 0 Å². The van der Waals surface area contributed by atoms with Crippen molar-refractivity contribution in [2.45, 2.75) is 46.0 Å². The molecule has 6 nitrogen and oxygen atoms in total. The van der Waals surface area contributed by atoms with Gasteiger partial charge in [0, 0.05) is 19.6 Å². The molecule has 0 saturated carbocycles. The lowest BCUT2D eigenvalue weighted by molar-refractivity contribution is 0.583. The van der Waals surface area contributed by atoms with E-state index in [0.29, 0.717) is 13.1 Å². The maximum absolute atomic E-state index is 11.3. The van der Waals surface area contributed by atoms with Crippen molar-refractivity contribution in [3.05, 3.63) is 11.6 Å². The normalized spacial score (nSPS) is 15.6. The van der Waals surface area contributed by atoms with E-state index in [2.05, 4.69) is 26.4 Å². The van der Waals surface area contributed by atoms with Crippen LogP contribution in [0.5, 0.6) is 0 Å². The standard InChI is InChI=1S/C15H30N4O2S.HI/c1-3-16-15(18-12-13-19-22(20,21)4-2)17-11-10-14-8-6-5-7-9-14;/h8,19H,3-7,9-13H2,1-2H3,(H2,16,17,18);1H. The number of sulfonamides is 1. The van der Waals surface area contributed by atoms with Crippen LogP contribution in [0.1, 0.15) is 46.0 Å². The van der Waals surface area contributed by atoms with Crippen molar-refractivity contribution in [2.75, 3.05) is 31.9 Å². The molecule has 0 radical (unpaired) electrons. The van der Waals surface area contributed by atoms with Gasteiger partial charge in [-0.15, -0.1) is 24.0 Å². The van der Waals surface area contributed by atoms with E-state index in [9.17, 15) is 8.42 Å². The highest BCUT2D eigenvalue weighted by atomic mass is 127. The third-order valence-corrected chi connectivity index (χ3v) is 4.96. The summed E-state index contributed by atoms with van der Waals surface area (Å²) >= 11 is 0. The van der Waals surface area contributed by atoms with Crippen molar-refractivity contribution < 1.29 is 8.42 Å². The van der Waals surface area contributed by atoms with Crippen molar-refractivity contribution in [2.24, 2.45) is 4.99 Å². The molecule has 0 spiro atoms. The second-order valence-electron chi connectivity index (χ2n) is 5.34. The number of rotatable bonds is 9. The second kappa shape index (κ2) is 13.0. The molecule has 23 heavy (non-hydrogen) atoms. The molecule has 0 aromatic heterocycles. The zero-order valence-electron chi connectivity index (χ0n) is 14.2. The van der Waals surface area contributed by atoms with Crippen LogP contribution in [-0.2, 0) is 10.0 Å². The van der Waals surface area contributed by atoms with Gasteiger partial charge in [-0.05, 0) is 46.0 Å². The van der Waals surface area contributed by atoms with Crippen molar-refractivity contribution >= 4 is 40.0 Å². The first-order chi connectivity index (χ1) is 10.6. The summed E-state index contributed by atoms with van der Waals surface area (Å²) in [6.07, 6.45) is 8.45. The summed E-state index contributed by atoms with van der Waals surface area (Å²) in [4.78, 5) is 4.38. The Morgan fingerprint density at radius 1 is 1.22 bits per heavy atom. The number of hydrogen-bond donors (Lipinski definition) is 3. The summed E-state index contributed by atoms with van der Waals surface area (Å²) in [7, 11) is -3.13. The molecule has 8 heteroatoms. The molecular formula is C15H31IN4O2S. The predicted octanol–water partition coefficient (Wildman–Crippen LogP) is 1.99. The largest absolute Gasteiger partial charge is 0.357 e. The molecule has 0 saturated heterocycles. The maximum Gasteiger partial charge on any atom is 0.211 e. The average Bonchev–Trinajstić information content (AvgIpc) is 2.52. The van der Waals surface area contributed by atoms with E-state index in [1.807, 2.05) is 6.92 Å². The van der Waals surface area contributed by atoms with Gasteiger partial charge in [-0.3, -0.25) is 4.99 Å². The molecule has 0 aromatic rings. The van der Waals surface area contributed by atoms with E-state index in [4.69, 9.17) is 0 Å². The molecule has 0 heterocycles. The maximum atomic E-state index is 11.3. The van der Waals surface area contributed by atoms with Gasteiger partial charge in [0.25, 0.3) is 0 Å². The topological polar surface area (TPSA) is 82.6 Å². The van der Waals surface area contributed by atoms with Gasteiger partial charge in [0.2, 0.25) is 10.0 Å². The summed E-state index contributed by atoms with van der Waals surface area (Å²) in [6.45, 7) is 6.04. The van der Waals surface area contributed by atoms with E-state index in [-0.39, 0.29) is 29.7 Å². The Kier molecular flexibility index (Phi) is 12.8. The summed E-state index contributed by atoms with van der Waals surface area (Å²) in [5.41, 5.74) is 1.53. The molecule has 0 unspecified atom stereocenters. The molecule has 1 aliphatic rings. The highest BCUT2D eigenvalue weighted by Gasteiger charge is 2.05. The monoisotopic (exact) mass is 458 g/mol. The smallest absolute Gasteiger partial charge is 0.211 e. The van der Waals surface area contributed by atoms with Crippen molar-refractivity contribution in [3.63, 3.8) is 0 Å². The van der Waals surface area contributed by atoms with Crippen LogP contribution in [-0.4, -0.2) is 46.3 Å². The zero-order chi connectivity index (χ0) is 16.3. The molecule has 1 rings (SSSR count). The number of aliphatic imine (C=N–C) groups is 1. The minimum atomic E-state index is -3.13. The Balaban J connectivity index is 0.00000484. The SMILES string of the molecule is CCNC(=NCCNS(=O)(=O)CC)NCCC1=CCCCC1.I. The van der Waals surface area contributed by atoms with Crippen LogP contribution in [0.2, 0.25) is 0 Å². The van der Waals surface area contributed by atoms with Crippen LogP contribution in [0.4, 0.5) is 0 Å². The summed E-state index contributed by atoms with van der Waals surface area (Å²) < 4.78 is 25.2. The van der Waals surface area contributed by atoms with E-state index in [1.54, 1.807) is 6.92 Å². The van der Waals surface area contributed by atoms with Gasteiger partial charge in [-0.2, -0.15) is 0 Å². The third-order valence-electron chi connectivity index (χ3n) is 3.55. The molecule has 0 bridgehead atoms. The van der Waals surface area contributed by atoms with Gasteiger partial charge < -0.3 is 10.6 Å². The van der Waals surface area contributed by atoms with Crippen molar-refractivity contribution in [3.8, 4) is 0 Å². The van der Waals surface area contributed by atoms with Crippen LogP contribution in [0, 0.1) is 0 Å². The Morgan fingerprint density at radius 3 is 2.61 bits per heavy atom. The third kappa shape index (κ3) is 10.9.